The number of alkyl carbamates (subject to hydrolysis) is 1. The standard InChI is InChI=1S/C14H17NO6/c1-9(21-10(2)16)12(13(17)18)15-14(19)20-8-11-6-4-3-5-7-11/h3-7,9,12H,8H2,1-2H3,(H,15,19)(H,17,18). The lowest BCUT2D eigenvalue weighted by Gasteiger charge is -2.20. The predicted molar refractivity (Wildman–Crippen MR) is 72.4 cm³/mol. The van der Waals surface area contributed by atoms with Crippen LogP contribution in [-0.2, 0) is 25.7 Å². The number of esters is 1. The zero-order chi connectivity index (χ0) is 15.8. The summed E-state index contributed by atoms with van der Waals surface area (Å²) in [5.41, 5.74) is 0.771. The molecule has 1 rings (SSSR count). The number of carboxylic acid groups (broad SMARTS) is 1. The molecule has 21 heavy (non-hydrogen) atoms. The number of benzene rings is 1. The van der Waals surface area contributed by atoms with Gasteiger partial charge in [-0.15, -0.1) is 0 Å². The Morgan fingerprint density at radius 1 is 1.24 bits per heavy atom. The molecule has 2 N–H and O–H groups in total. The van der Waals surface area contributed by atoms with Crippen molar-refractivity contribution in [1.29, 1.82) is 0 Å². The van der Waals surface area contributed by atoms with Crippen LogP contribution in [0.1, 0.15) is 19.4 Å². The smallest absolute Gasteiger partial charge is 0.408 e. The molecule has 0 saturated heterocycles. The van der Waals surface area contributed by atoms with Gasteiger partial charge in [-0.3, -0.25) is 4.79 Å². The average molecular weight is 295 g/mol. The molecule has 0 bridgehead atoms. The number of aliphatic carboxylic acids is 1. The molecule has 7 heteroatoms. The lowest BCUT2D eigenvalue weighted by Crippen LogP contribution is -2.49. The topological polar surface area (TPSA) is 102 Å². The molecule has 0 radical (unpaired) electrons. The largest absolute Gasteiger partial charge is 0.480 e. The number of carboxylic acids is 1. The van der Waals surface area contributed by atoms with Gasteiger partial charge in [-0.05, 0) is 12.5 Å². The summed E-state index contributed by atoms with van der Waals surface area (Å²) in [7, 11) is 0. The van der Waals surface area contributed by atoms with E-state index in [1.165, 1.54) is 6.92 Å². The SMILES string of the molecule is CC(=O)OC(C)C(NC(=O)OCc1ccccc1)C(=O)O. The Bertz CT molecular complexity index is 501. The molecular weight excluding hydrogens is 278 g/mol. The number of hydrogen-bond donors (Lipinski definition) is 2. The normalized spacial score (nSPS) is 12.9. The first-order chi connectivity index (χ1) is 9.90. The summed E-state index contributed by atoms with van der Waals surface area (Å²) in [6.07, 6.45) is -1.91. The first kappa shape index (κ1) is 16.5. The quantitative estimate of drug-likeness (QED) is 0.767. The van der Waals surface area contributed by atoms with E-state index < -0.39 is 30.2 Å². The maximum atomic E-state index is 11.6. The van der Waals surface area contributed by atoms with E-state index in [1.807, 2.05) is 6.07 Å². The lowest BCUT2D eigenvalue weighted by molar-refractivity contribution is -0.152. The number of amides is 1. The highest BCUT2D eigenvalue weighted by Crippen LogP contribution is 2.03. The summed E-state index contributed by atoms with van der Waals surface area (Å²) in [4.78, 5) is 33.5. The number of nitrogens with one attached hydrogen (secondary N) is 1. The van der Waals surface area contributed by atoms with E-state index >= 15 is 0 Å². The fourth-order valence-corrected chi connectivity index (χ4v) is 1.60. The minimum Gasteiger partial charge on any atom is -0.480 e. The Labute approximate surface area is 121 Å². The minimum atomic E-state index is -1.38. The van der Waals surface area contributed by atoms with Crippen molar-refractivity contribution in [3.8, 4) is 0 Å². The maximum absolute atomic E-state index is 11.6. The van der Waals surface area contributed by atoms with Gasteiger partial charge in [0.2, 0.25) is 0 Å². The summed E-state index contributed by atoms with van der Waals surface area (Å²) >= 11 is 0. The van der Waals surface area contributed by atoms with Crippen molar-refractivity contribution in [3.63, 3.8) is 0 Å². The van der Waals surface area contributed by atoms with Crippen LogP contribution in [0, 0.1) is 0 Å². The van der Waals surface area contributed by atoms with Gasteiger partial charge in [0.15, 0.2) is 6.04 Å². The van der Waals surface area contributed by atoms with Crippen LogP contribution < -0.4 is 5.32 Å². The van der Waals surface area contributed by atoms with Crippen molar-refractivity contribution in [1.82, 2.24) is 5.32 Å². The first-order valence-corrected chi connectivity index (χ1v) is 6.27. The predicted octanol–water partition coefficient (Wildman–Crippen LogP) is 1.32. The molecule has 0 fully saturated rings. The lowest BCUT2D eigenvalue weighted by atomic mass is 10.2. The second-order valence-corrected chi connectivity index (χ2v) is 4.34. The van der Waals surface area contributed by atoms with Gasteiger partial charge in [0.1, 0.15) is 12.7 Å². The van der Waals surface area contributed by atoms with Crippen molar-refractivity contribution in [2.75, 3.05) is 0 Å². The second kappa shape index (κ2) is 7.88. The highest BCUT2D eigenvalue weighted by Gasteiger charge is 2.29. The molecule has 0 aliphatic carbocycles. The second-order valence-electron chi connectivity index (χ2n) is 4.34. The van der Waals surface area contributed by atoms with Crippen molar-refractivity contribution in [2.24, 2.45) is 0 Å². The van der Waals surface area contributed by atoms with E-state index in [0.29, 0.717) is 0 Å². The van der Waals surface area contributed by atoms with E-state index in [1.54, 1.807) is 24.3 Å². The van der Waals surface area contributed by atoms with Crippen LogP contribution in [0.2, 0.25) is 0 Å². The first-order valence-electron chi connectivity index (χ1n) is 6.27. The van der Waals surface area contributed by atoms with Crippen LogP contribution in [0.3, 0.4) is 0 Å². The summed E-state index contributed by atoms with van der Waals surface area (Å²) in [5, 5.41) is 11.2. The molecule has 0 spiro atoms. The Balaban J connectivity index is 2.52. The molecule has 1 amide bonds. The van der Waals surface area contributed by atoms with E-state index in [0.717, 1.165) is 12.5 Å². The highest BCUT2D eigenvalue weighted by atomic mass is 16.6. The highest BCUT2D eigenvalue weighted by molar-refractivity contribution is 5.81. The van der Waals surface area contributed by atoms with Gasteiger partial charge >= 0.3 is 18.0 Å². The van der Waals surface area contributed by atoms with Gasteiger partial charge in [0.05, 0.1) is 0 Å². The zero-order valence-corrected chi connectivity index (χ0v) is 11.7. The number of hydrogen-bond acceptors (Lipinski definition) is 5. The van der Waals surface area contributed by atoms with Crippen molar-refractivity contribution >= 4 is 18.0 Å². The van der Waals surface area contributed by atoms with Crippen LogP contribution in [-0.4, -0.2) is 35.3 Å². The third-order valence-electron chi connectivity index (χ3n) is 2.57. The number of carbonyl (C=O) groups is 3. The summed E-state index contributed by atoms with van der Waals surface area (Å²) in [5.74, 6) is -1.95. The van der Waals surface area contributed by atoms with E-state index in [2.05, 4.69) is 5.32 Å². The fraction of sp³-hybridized carbons (Fsp3) is 0.357. The maximum Gasteiger partial charge on any atom is 0.408 e. The average Bonchev–Trinajstić information content (AvgIpc) is 2.42. The van der Waals surface area contributed by atoms with Crippen LogP contribution in [0.5, 0.6) is 0 Å². The Morgan fingerprint density at radius 3 is 2.38 bits per heavy atom. The molecule has 114 valence electrons. The van der Waals surface area contributed by atoms with Gasteiger partial charge in [0.25, 0.3) is 0 Å². The van der Waals surface area contributed by atoms with Crippen molar-refractivity contribution in [3.05, 3.63) is 35.9 Å². The molecule has 0 aliphatic rings. The molecule has 1 aromatic rings. The molecule has 1 aromatic carbocycles. The Morgan fingerprint density at radius 2 is 1.86 bits per heavy atom. The third-order valence-corrected chi connectivity index (χ3v) is 2.57. The van der Waals surface area contributed by atoms with Gasteiger partial charge in [-0.25, -0.2) is 9.59 Å². The van der Waals surface area contributed by atoms with Crippen LogP contribution in [0.4, 0.5) is 4.79 Å². The Kier molecular flexibility index (Phi) is 6.19. The monoisotopic (exact) mass is 295 g/mol. The van der Waals surface area contributed by atoms with Crippen LogP contribution in [0.25, 0.3) is 0 Å². The fourth-order valence-electron chi connectivity index (χ4n) is 1.60. The van der Waals surface area contributed by atoms with Gasteiger partial charge in [-0.1, -0.05) is 30.3 Å². The molecule has 0 heterocycles. The van der Waals surface area contributed by atoms with Gasteiger partial charge in [-0.2, -0.15) is 0 Å². The summed E-state index contributed by atoms with van der Waals surface area (Å²) < 4.78 is 9.66. The molecule has 0 saturated carbocycles. The number of carbonyl (C=O) groups excluding carboxylic acids is 2. The summed E-state index contributed by atoms with van der Waals surface area (Å²) in [6.45, 7) is 2.54. The van der Waals surface area contributed by atoms with Crippen LogP contribution in [0.15, 0.2) is 30.3 Å². The molecular formula is C14H17NO6. The third kappa shape index (κ3) is 5.94. The van der Waals surface area contributed by atoms with E-state index in [4.69, 9.17) is 14.6 Å². The van der Waals surface area contributed by atoms with Crippen LogP contribution >= 0.6 is 0 Å². The van der Waals surface area contributed by atoms with Crippen molar-refractivity contribution in [2.45, 2.75) is 32.6 Å². The zero-order valence-electron chi connectivity index (χ0n) is 11.7. The molecule has 7 nitrogen and oxygen atoms in total. The molecule has 0 aromatic heterocycles. The number of ether oxygens (including phenoxy) is 2. The van der Waals surface area contributed by atoms with Gasteiger partial charge < -0.3 is 19.9 Å². The van der Waals surface area contributed by atoms with Gasteiger partial charge in [0, 0.05) is 6.92 Å². The number of rotatable bonds is 6. The Hall–Kier alpha value is -2.57. The van der Waals surface area contributed by atoms with E-state index in [9.17, 15) is 14.4 Å². The van der Waals surface area contributed by atoms with Crippen molar-refractivity contribution < 1.29 is 29.0 Å². The molecule has 2 atom stereocenters. The minimum absolute atomic E-state index is 0.0148. The molecule has 2 unspecified atom stereocenters. The van der Waals surface area contributed by atoms with E-state index in [-0.39, 0.29) is 6.61 Å². The molecule has 0 aliphatic heterocycles. The summed E-state index contributed by atoms with van der Waals surface area (Å²) in [6, 6.07) is 7.56.